The largest absolute Gasteiger partial charge is 0.495 e. The van der Waals surface area contributed by atoms with Gasteiger partial charge in [0.1, 0.15) is 21.5 Å². The SMILES string of the molecule is COc1ccc(S(=O)(=O)N(C)Cc2ccccc2F)c(Cl)c1Cl. The van der Waals surface area contributed by atoms with Crippen LogP contribution in [-0.4, -0.2) is 26.9 Å². The molecule has 0 aliphatic rings. The van der Waals surface area contributed by atoms with Crippen LogP contribution in [0.5, 0.6) is 5.75 Å². The van der Waals surface area contributed by atoms with Gasteiger partial charge >= 0.3 is 0 Å². The maximum Gasteiger partial charge on any atom is 0.244 e. The summed E-state index contributed by atoms with van der Waals surface area (Å²) in [5.74, 6) is -0.208. The van der Waals surface area contributed by atoms with Crippen LogP contribution >= 0.6 is 23.2 Å². The van der Waals surface area contributed by atoms with Crippen LogP contribution in [0.4, 0.5) is 4.39 Å². The van der Waals surface area contributed by atoms with Crippen molar-refractivity contribution in [2.75, 3.05) is 14.2 Å². The minimum Gasteiger partial charge on any atom is -0.495 e. The average molecular weight is 378 g/mol. The third-order valence-corrected chi connectivity index (χ3v) is 6.09. The van der Waals surface area contributed by atoms with Crippen molar-refractivity contribution < 1.29 is 17.5 Å². The van der Waals surface area contributed by atoms with Crippen molar-refractivity contribution in [1.29, 1.82) is 0 Å². The Kier molecular flexibility index (Phi) is 5.52. The van der Waals surface area contributed by atoms with E-state index in [1.54, 1.807) is 6.07 Å². The Bertz CT molecular complexity index is 827. The lowest BCUT2D eigenvalue weighted by Gasteiger charge is -2.19. The van der Waals surface area contributed by atoms with Gasteiger partial charge in [0.15, 0.2) is 0 Å². The van der Waals surface area contributed by atoms with E-state index in [9.17, 15) is 12.8 Å². The summed E-state index contributed by atoms with van der Waals surface area (Å²) >= 11 is 12.0. The maximum absolute atomic E-state index is 13.7. The van der Waals surface area contributed by atoms with E-state index in [4.69, 9.17) is 27.9 Å². The summed E-state index contributed by atoms with van der Waals surface area (Å²) in [6, 6.07) is 8.68. The van der Waals surface area contributed by atoms with Gasteiger partial charge in [-0.25, -0.2) is 12.8 Å². The molecule has 4 nitrogen and oxygen atoms in total. The van der Waals surface area contributed by atoms with Gasteiger partial charge in [-0.15, -0.1) is 0 Å². The summed E-state index contributed by atoms with van der Waals surface area (Å²) in [6.45, 7) is -0.130. The first-order chi connectivity index (χ1) is 10.8. The molecule has 0 N–H and O–H groups in total. The van der Waals surface area contributed by atoms with Crippen LogP contribution in [0.2, 0.25) is 10.0 Å². The molecule has 0 aromatic heterocycles. The number of hydrogen-bond donors (Lipinski definition) is 0. The third-order valence-electron chi connectivity index (χ3n) is 3.27. The lowest BCUT2D eigenvalue weighted by atomic mass is 10.2. The molecular weight excluding hydrogens is 364 g/mol. The average Bonchev–Trinajstić information content (AvgIpc) is 2.51. The number of hydrogen-bond acceptors (Lipinski definition) is 3. The quantitative estimate of drug-likeness (QED) is 0.791. The van der Waals surface area contributed by atoms with Crippen LogP contribution in [0.3, 0.4) is 0 Å². The Hall–Kier alpha value is -1.34. The Balaban J connectivity index is 2.39. The Morgan fingerprint density at radius 2 is 1.78 bits per heavy atom. The fraction of sp³-hybridized carbons (Fsp3) is 0.200. The van der Waals surface area contributed by atoms with Crippen molar-refractivity contribution in [3.05, 3.63) is 57.8 Å². The molecule has 2 aromatic carbocycles. The topological polar surface area (TPSA) is 46.6 Å². The predicted octanol–water partition coefficient (Wildman–Crippen LogP) is 3.96. The van der Waals surface area contributed by atoms with E-state index in [0.717, 1.165) is 4.31 Å². The summed E-state index contributed by atoms with van der Waals surface area (Å²) in [6.07, 6.45) is 0. The smallest absolute Gasteiger partial charge is 0.244 e. The number of rotatable bonds is 5. The first kappa shape index (κ1) is 18.0. The molecule has 0 spiro atoms. The van der Waals surface area contributed by atoms with Crippen molar-refractivity contribution in [3.8, 4) is 5.75 Å². The lowest BCUT2D eigenvalue weighted by Crippen LogP contribution is -2.27. The molecule has 2 rings (SSSR count). The standard InChI is InChI=1S/C15H14Cl2FNO3S/c1-19(9-10-5-3-4-6-11(10)18)23(20,21)13-8-7-12(22-2)14(16)15(13)17/h3-8H,9H2,1-2H3. The lowest BCUT2D eigenvalue weighted by molar-refractivity contribution is 0.414. The van der Waals surface area contributed by atoms with E-state index in [1.807, 2.05) is 0 Å². The molecule has 0 saturated heterocycles. The summed E-state index contributed by atoms with van der Waals surface area (Å²) in [7, 11) is -1.20. The van der Waals surface area contributed by atoms with E-state index >= 15 is 0 Å². The maximum atomic E-state index is 13.7. The van der Waals surface area contributed by atoms with Gasteiger partial charge in [-0.1, -0.05) is 41.4 Å². The van der Waals surface area contributed by atoms with Crippen molar-refractivity contribution >= 4 is 33.2 Å². The van der Waals surface area contributed by atoms with Crippen LogP contribution < -0.4 is 4.74 Å². The van der Waals surface area contributed by atoms with E-state index < -0.39 is 15.8 Å². The first-order valence-electron chi connectivity index (χ1n) is 6.50. The zero-order valence-corrected chi connectivity index (χ0v) is 14.7. The number of benzene rings is 2. The third kappa shape index (κ3) is 3.61. The molecule has 0 atom stereocenters. The van der Waals surface area contributed by atoms with Gasteiger partial charge in [-0.05, 0) is 18.2 Å². The predicted molar refractivity (Wildman–Crippen MR) is 88.1 cm³/mol. The fourth-order valence-corrected chi connectivity index (χ4v) is 3.95. The van der Waals surface area contributed by atoms with Crippen LogP contribution in [-0.2, 0) is 16.6 Å². The highest BCUT2D eigenvalue weighted by Gasteiger charge is 2.26. The normalized spacial score (nSPS) is 11.7. The molecule has 0 amide bonds. The van der Waals surface area contributed by atoms with Crippen LogP contribution in [0.25, 0.3) is 0 Å². The van der Waals surface area contributed by atoms with Gasteiger partial charge in [0.05, 0.1) is 12.1 Å². The molecule has 0 aliphatic heterocycles. The number of methoxy groups -OCH3 is 1. The summed E-state index contributed by atoms with van der Waals surface area (Å²) in [5, 5.41) is -0.124. The molecule has 0 bridgehead atoms. The fourth-order valence-electron chi connectivity index (χ4n) is 1.99. The van der Waals surface area contributed by atoms with Crippen LogP contribution in [0.1, 0.15) is 5.56 Å². The van der Waals surface area contributed by atoms with Gasteiger partial charge in [-0.2, -0.15) is 4.31 Å². The zero-order valence-electron chi connectivity index (χ0n) is 12.4. The number of sulfonamides is 1. The molecule has 124 valence electrons. The second-order valence-corrected chi connectivity index (χ2v) is 7.52. The van der Waals surface area contributed by atoms with E-state index in [2.05, 4.69) is 0 Å². The van der Waals surface area contributed by atoms with Crippen molar-refractivity contribution in [2.45, 2.75) is 11.4 Å². The molecule has 2 aromatic rings. The van der Waals surface area contributed by atoms with E-state index in [0.29, 0.717) is 0 Å². The van der Waals surface area contributed by atoms with Gasteiger partial charge < -0.3 is 4.74 Å². The van der Waals surface area contributed by atoms with Crippen LogP contribution in [0.15, 0.2) is 41.3 Å². The molecule has 8 heteroatoms. The van der Waals surface area contributed by atoms with E-state index in [1.165, 1.54) is 44.5 Å². The molecule has 0 heterocycles. The minimum absolute atomic E-state index is 0.00883. The van der Waals surface area contributed by atoms with Gasteiger partial charge in [0.2, 0.25) is 10.0 Å². The molecule has 0 radical (unpaired) electrons. The number of halogens is 3. The van der Waals surface area contributed by atoms with Gasteiger partial charge in [0.25, 0.3) is 0 Å². The van der Waals surface area contributed by atoms with Gasteiger partial charge in [0, 0.05) is 19.2 Å². The molecular formula is C15H14Cl2FNO3S. The minimum atomic E-state index is -3.94. The number of nitrogens with zero attached hydrogens (tertiary/aromatic N) is 1. The van der Waals surface area contributed by atoms with Gasteiger partial charge in [-0.3, -0.25) is 0 Å². The first-order valence-corrected chi connectivity index (χ1v) is 8.70. The zero-order chi connectivity index (χ0) is 17.2. The summed E-state index contributed by atoms with van der Waals surface area (Å²) < 4.78 is 45.0. The second-order valence-electron chi connectivity index (χ2n) is 4.75. The number of ether oxygens (including phenoxy) is 1. The van der Waals surface area contributed by atoms with Crippen molar-refractivity contribution in [2.24, 2.45) is 0 Å². The molecule has 23 heavy (non-hydrogen) atoms. The molecule has 0 aliphatic carbocycles. The Morgan fingerprint density at radius 1 is 1.13 bits per heavy atom. The van der Waals surface area contributed by atoms with Crippen molar-refractivity contribution in [1.82, 2.24) is 4.31 Å². The van der Waals surface area contributed by atoms with Crippen LogP contribution in [0, 0.1) is 5.82 Å². The molecule has 0 unspecified atom stereocenters. The van der Waals surface area contributed by atoms with Crippen molar-refractivity contribution in [3.63, 3.8) is 0 Å². The van der Waals surface area contributed by atoms with E-state index in [-0.39, 0.29) is 32.8 Å². The molecule has 0 saturated carbocycles. The molecule has 0 fully saturated rings. The highest BCUT2D eigenvalue weighted by molar-refractivity contribution is 7.89. The Morgan fingerprint density at radius 3 is 2.39 bits per heavy atom. The highest BCUT2D eigenvalue weighted by atomic mass is 35.5. The summed E-state index contributed by atoms with van der Waals surface area (Å²) in [5.41, 5.74) is 0.259. The monoisotopic (exact) mass is 377 g/mol. The summed E-state index contributed by atoms with van der Waals surface area (Å²) in [4.78, 5) is -0.163. The highest BCUT2D eigenvalue weighted by Crippen LogP contribution is 2.37. The second kappa shape index (κ2) is 7.05. The Labute approximate surface area is 144 Å².